The number of hydrogen-bond acceptors (Lipinski definition) is 7. The lowest BCUT2D eigenvalue weighted by Gasteiger charge is -2.26. The van der Waals surface area contributed by atoms with Gasteiger partial charge in [-0.05, 0) is 48.7 Å². The highest BCUT2D eigenvalue weighted by Gasteiger charge is 2.51. The van der Waals surface area contributed by atoms with Crippen LogP contribution in [0, 0.1) is 11.8 Å². The van der Waals surface area contributed by atoms with Gasteiger partial charge in [-0.2, -0.15) is 0 Å². The average Bonchev–Trinajstić information content (AvgIpc) is 3.18. The number of carbonyl (C=O) groups excluding carboxylic acids is 3. The van der Waals surface area contributed by atoms with Gasteiger partial charge in [0.25, 0.3) is 10.0 Å². The lowest BCUT2D eigenvalue weighted by Crippen LogP contribution is -2.49. The molecule has 3 atom stereocenters. The van der Waals surface area contributed by atoms with Crippen LogP contribution in [-0.4, -0.2) is 47.0 Å². The Kier molecular flexibility index (Phi) is 7.19. The van der Waals surface area contributed by atoms with Crippen molar-refractivity contribution in [3.63, 3.8) is 0 Å². The minimum atomic E-state index is -3.94. The summed E-state index contributed by atoms with van der Waals surface area (Å²) in [4.78, 5) is 48.9. The Hall–Kier alpha value is -4.12. The fourth-order valence-corrected chi connectivity index (χ4v) is 6.07. The number of carbonyl (C=O) groups is 3. The molecule has 2 aliphatic rings. The highest BCUT2D eigenvalue weighted by molar-refractivity contribution is 7.92. The predicted molar refractivity (Wildman–Crippen MR) is 139 cm³/mol. The van der Waals surface area contributed by atoms with E-state index in [4.69, 9.17) is 0 Å². The molecule has 196 valence electrons. The zero-order valence-electron chi connectivity index (χ0n) is 20.5. The number of rotatable bonds is 8. The van der Waals surface area contributed by atoms with E-state index in [-0.39, 0.29) is 40.9 Å². The van der Waals surface area contributed by atoms with Crippen molar-refractivity contribution in [3.8, 4) is 0 Å². The van der Waals surface area contributed by atoms with Crippen LogP contribution in [0.3, 0.4) is 0 Å². The molecular formula is C27H27N5O5S. The molecule has 2 aromatic carbocycles. The third kappa shape index (κ3) is 5.28. The summed E-state index contributed by atoms with van der Waals surface area (Å²) in [6.07, 6.45) is 6.11. The van der Waals surface area contributed by atoms with E-state index in [9.17, 15) is 22.8 Å². The first-order chi connectivity index (χ1) is 18.3. The van der Waals surface area contributed by atoms with Gasteiger partial charge in [0.2, 0.25) is 23.7 Å². The Morgan fingerprint density at radius 3 is 2.11 bits per heavy atom. The van der Waals surface area contributed by atoms with Crippen molar-refractivity contribution in [3.05, 3.63) is 78.6 Å². The second-order valence-corrected chi connectivity index (χ2v) is 11.1. The molecule has 0 radical (unpaired) electrons. The van der Waals surface area contributed by atoms with Crippen molar-refractivity contribution >= 4 is 39.4 Å². The summed E-state index contributed by atoms with van der Waals surface area (Å²) in [6, 6.07) is 15.4. The van der Waals surface area contributed by atoms with Gasteiger partial charge >= 0.3 is 0 Å². The van der Waals surface area contributed by atoms with E-state index in [0.29, 0.717) is 18.5 Å². The molecule has 10 nitrogen and oxygen atoms in total. The molecule has 3 aromatic rings. The lowest BCUT2D eigenvalue weighted by molar-refractivity contribution is -0.146. The summed E-state index contributed by atoms with van der Waals surface area (Å²) in [6.45, 7) is 0. The Morgan fingerprint density at radius 2 is 1.50 bits per heavy atom. The zero-order valence-corrected chi connectivity index (χ0v) is 21.3. The molecule has 2 fully saturated rings. The van der Waals surface area contributed by atoms with Gasteiger partial charge in [0.05, 0.1) is 16.7 Å². The van der Waals surface area contributed by atoms with E-state index in [1.165, 1.54) is 36.7 Å². The van der Waals surface area contributed by atoms with Gasteiger partial charge in [0.1, 0.15) is 6.04 Å². The van der Waals surface area contributed by atoms with Crippen LogP contribution < -0.4 is 10.0 Å². The lowest BCUT2D eigenvalue weighted by atomic mass is 9.81. The van der Waals surface area contributed by atoms with Gasteiger partial charge in [-0.3, -0.25) is 19.3 Å². The van der Waals surface area contributed by atoms with Crippen LogP contribution >= 0.6 is 0 Å². The Labute approximate surface area is 220 Å². The molecule has 1 saturated heterocycles. The summed E-state index contributed by atoms with van der Waals surface area (Å²) < 4.78 is 27.6. The molecule has 2 N–H and O–H groups in total. The topological polar surface area (TPSA) is 138 Å². The SMILES string of the molecule is O=C(Nc1ccc(S(=O)(=O)Nc2ncccn2)cc1)[C@@H](Cc1ccccc1)N1C(=O)[C@H]2CCCC[C@@H]2C1=O. The third-order valence-electron chi connectivity index (χ3n) is 6.98. The number of fused-ring (bicyclic) bond motifs is 1. The Morgan fingerprint density at radius 1 is 0.895 bits per heavy atom. The number of nitrogens with one attached hydrogen (secondary N) is 2. The Bertz CT molecular complexity index is 1410. The van der Waals surface area contributed by atoms with Crippen molar-refractivity contribution in [2.45, 2.75) is 43.0 Å². The van der Waals surface area contributed by atoms with Crippen LogP contribution in [0.15, 0.2) is 78.0 Å². The summed E-state index contributed by atoms with van der Waals surface area (Å²) >= 11 is 0. The summed E-state index contributed by atoms with van der Waals surface area (Å²) in [5.41, 5.74) is 1.15. The molecule has 1 aliphatic heterocycles. The van der Waals surface area contributed by atoms with Gasteiger partial charge in [0, 0.05) is 24.5 Å². The van der Waals surface area contributed by atoms with Crippen molar-refractivity contribution in [2.24, 2.45) is 11.8 Å². The molecule has 0 unspecified atom stereocenters. The van der Waals surface area contributed by atoms with Gasteiger partial charge in [-0.25, -0.2) is 23.1 Å². The highest BCUT2D eigenvalue weighted by Crippen LogP contribution is 2.39. The van der Waals surface area contributed by atoms with E-state index >= 15 is 0 Å². The summed E-state index contributed by atoms with van der Waals surface area (Å²) in [7, 11) is -3.94. The number of anilines is 2. The first-order valence-electron chi connectivity index (χ1n) is 12.4. The minimum Gasteiger partial charge on any atom is -0.324 e. The standard InChI is InChI=1S/C27H27N5O5S/c33-24(30-19-11-13-20(14-12-19)38(36,37)31-27-28-15-6-16-29-27)23(17-18-7-2-1-3-8-18)32-25(34)21-9-4-5-10-22(21)26(32)35/h1-3,6-8,11-16,21-23H,4-5,9-10,17H2,(H,30,33)(H,28,29,31)/t21-,22-,23+/m0/s1. The number of hydrogen-bond donors (Lipinski definition) is 2. The molecule has 0 spiro atoms. The largest absolute Gasteiger partial charge is 0.324 e. The molecule has 3 amide bonds. The molecule has 11 heteroatoms. The maximum Gasteiger partial charge on any atom is 0.264 e. The predicted octanol–water partition coefficient (Wildman–Crippen LogP) is 3.00. The number of imide groups is 1. The van der Waals surface area contributed by atoms with E-state index in [0.717, 1.165) is 23.3 Å². The van der Waals surface area contributed by atoms with Crippen molar-refractivity contribution in [2.75, 3.05) is 10.0 Å². The van der Waals surface area contributed by atoms with Gasteiger partial charge in [0.15, 0.2) is 0 Å². The number of benzene rings is 2. The maximum absolute atomic E-state index is 13.5. The summed E-state index contributed by atoms with van der Waals surface area (Å²) in [5, 5.41) is 2.76. The second-order valence-electron chi connectivity index (χ2n) is 9.44. The number of amides is 3. The minimum absolute atomic E-state index is 0.0437. The van der Waals surface area contributed by atoms with Crippen LogP contribution in [-0.2, 0) is 30.8 Å². The third-order valence-corrected chi connectivity index (χ3v) is 8.33. The number of likely N-dealkylation sites (tertiary alicyclic amines) is 1. The molecule has 2 heterocycles. The highest BCUT2D eigenvalue weighted by atomic mass is 32.2. The molecule has 1 saturated carbocycles. The molecule has 1 aromatic heterocycles. The first-order valence-corrected chi connectivity index (χ1v) is 13.9. The second kappa shape index (κ2) is 10.7. The zero-order chi connectivity index (χ0) is 26.7. The maximum atomic E-state index is 13.5. The van der Waals surface area contributed by atoms with Crippen molar-refractivity contribution in [1.82, 2.24) is 14.9 Å². The van der Waals surface area contributed by atoms with E-state index in [1.807, 2.05) is 30.3 Å². The number of sulfonamides is 1. The van der Waals surface area contributed by atoms with Crippen LogP contribution in [0.1, 0.15) is 31.2 Å². The van der Waals surface area contributed by atoms with E-state index in [2.05, 4.69) is 20.0 Å². The average molecular weight is 534 g/mol. The van der Waals surface area contributed by atoms with Crippen LogP contribution in [0.4, 0.5) is 11.6 Å². The van der Waals surface area contributed by atoms with Crippen LogP contribution in [0.5, 0.6) is 0 Å². The van der Waals surface area contributed by atoms with Crippen LogP contribution in [0.2, 0.25) is 0 Å². The van der Waals surface area contributed by atoms with E-state index in [1.54, 1.807) is 6.07 Å². The summed E-state index contributed by atoms with van der Waals surface area (Å²) in [5.74, 6) is -1.88. The fraction of sp³-hybridized carbons (Fsp3) is 0.296. The number of nitrogens with zero attached hydrogens (tertiary/aromatic N) is 3. The van der Waals surface area contributed by atoms with E-state index < -0.39 is 22.0 Å². The van der Waals surface area contributed by atoms with Gasteiger partial charge in [-0.1, -0.05) is 43.2 Å². The van der Waals surface area contributed by atoms with Crippen LogP contribution in [0.25, 0.3) is 0 Å². The molecule has 0 bridgehead atoms. The smallest absolute Gasteiger partial charge is 0.264 e. The normalized spacial score (nSPS) is 20.1. The molecular weight excluding hydrogens is 506 g/mol. The van der Waals surface area contributed by atoms with Gasteiger partial charge < -0.3 is 5.32 Å². The molecule has 5 rings (SSSR count). The van der Waals surface area contributed by atoms with Crippen molar-refractivity contribution in [1.29, 1.82) is 0 Å². The van der Waals surface area contributed by atoms with Gasteiger partial charge in [-0.15, -0.1) is 0 Å². The Balaban J connectivity index is 1.36. The fourth-order valence-electron chi connectivity index (χ4n) is 5.11. The quantitative estimate of drug-likeness (QED) is 0.425. The molecule has 38 heavy (non-hydrogen) atoms. The number of aromatic nitrogens is 2. The monoisotopic (exact) mass is 533 g/mol. The molecule has 1 aliphatic carbocycles. The first kappa shape index (κ1) is 25.5. The van der Waals surface area contributed by atoms with Crippen molar-refractivity contribution < 1.29 is 22.8 Å².